The molecular weight excluding hydrogens is 324 g/mol. The summed E-state index contributed by atoms with van der Waals surface area (Å²) in [7, 11) is 0. The van der Waals surface area contributed by atoms with E-state index in [4.69, 9.17) is 25.7 Å². The summed E-state index contributed by atoms with van der Waals surface area (Å²) in [4.78, 5) is 12.5. The summed E-state index contributed by atoms with van der Waals surface area (Å²) in [5.41, 5.74) is 13.0. The van der Waals surface area contributed by atoms with Gasteiger partial charge in [-0.2, -0.15) is 0 Å². The van der Waals surface area contributed by atoms with Gasteiger partial charge < -0.3 is 25.7 Å². The van der Waals surface area contributed by atoms with E-state index >= 15 is 0 Å². The molecule has 0 bridgehead atoms. The highest BCUT2D eigenvalue weighted by Gasteiger charge is 2.39. The molecule has 1 fully saturated rings. The number of rotatable bonds is 6. The molecule has 0 saturated carbocycles. The minimum Gasteiger partial charge on any atom is -0.382 e. The summed E-state index contributed by atoms with van der Waals surface area (Å²) in [5.74, 6) is 0.587. The highest BCUT2D eigenvalue weighted by atomic mass is 16.6. The van der Waals surface area contributed by atoms with Crippen molar-refractivity contribution in [2.45, 2.75) is 64.8 Å². The van der Waals surface area contributed by atoms with Crippen molar-refractivity contribution in [3.05, 3.63) is 6.33 Å². The van der Waals surface area contributed by atoms with Crippen LogP contribution in [0.2, 0.25) is 0 Å². The van der Waals surface area contributed by atoms with Crippen LogP contribution in [0, 0.1) is 0 Å². The molecule has 0 aromatic carbocycles. The first-order chi connectivity index (χ1) is 11.9. The summed E-state index contributed by atoms with van der Waals surface area (Å²) < 4.78 is 19.7. The average Bonchev–Trinajstić information content (AvgIpc) is 3.05. The first-order valence-electron chi connectivity index (χ1n) is 8.53. The lowest BCUT2D eigenvalue weighted by molar-refractivity contribution is -0.0949. The predicted octanol–water partition coefficient (Wildman–Crippen LogP) is 1.50. The number of fused-ring (bicyclic) bond motifs is 1. The lowest BCUT2D eigenvalue weighted by Gasteiger charge is -2.21. The topological polar surface area (TPSA) is 123 Å². The number of nitrogen functional groups attached to an aromatic ring is 2. The molecule has 9 nitrogen and oxygen atoms in total. The van der Waals surface area contributed by atoms with Crippen LogP contribution in [-0.4, -0.2) is 50.5 Å². The van der Waals surface area contributed by atoms with Gasteiger partial charge in [-0.1, -0.05) is 0 Å². The molecule has 138 valence electrons. The van der Waals surface area contributed by atoms with E-state index in [1.54, 1.807) is 4.57 Å². The number of nitrogens with zero attached hydrogens (tertiary/aromatic N) is 4. The Morgan fingerprint density at radius 2 is 2.00 bits per heavy atom. The Morgan fingerprint density at radius 3 is 2.68 bits per heavy atom. The van der Waals surface area contributed by atoms with Gasteiger partial charge in [0.1, 0.15) is 18.7 Å². The van der Waals surface area contributed by atoms with Gasteiger partial charge >= 0.3 is 0 Å². The Kier molecular flexibility index (Phi) is 5.07. The molecule has 4 N–H and O–H groups in total. The third-order valence-corrected chi connectivity index (χ3v) is 4.04. The van der Waals surface area contributed by atoms with Crippen molar-refractivity contribution in [2.24, 2.45) is 0 Å². The highest BCUT2D eigenvalue weighted by molar-refractivity contribution is 5.83. The molecule has 2 aromatic rings. The van der Waals surface area contributed by atoms with E-state index in [1.807, 2.05) is 27.7 Å². The highest BCUT2D eigenvalue weighted by Crippen LogP contribution is 2.35. The van der Waals surface area contributed by atoms with Gasteiger partial charge in [-0.3, -0.25) is 4.57 Å². The minimum absolute atomic E-state index is 0.0868. The van der Waals surface area contributed by atoms with Crippen molar-refractivity contribution < 1.29 is 14.2 Å². The van der Waals surface area contributed by atoms with Crippen LogP contribution in [0.4, 0.5) is 11.8 Å². The number of nitrogens with two attached hydrogens (primary N) is 2. The SMILES string of the molecule is CC(C)OC[C@H]1O[C@@H](n2c(N)nc3c(N)ncnc32)C[C@H]1OC(C)C. The van der Waals surface area contributed by atoms with E-state index in [-0.39, 0.29) is 30.6 Å². The normalized spacial score (nSPS) is 24.0. The molecule has 1 aliphatic rings. The molecule has 3 rings (SSSR count). The van der Waals surface area contributed by atoms with Crippen LogP contribution >= 0.6 is 0 Å². The number of ether oxygens (including phenoxy) is 3. The maximum absolute atomic E-state index is 6.19. The molecule has 2 aromatic heterocycles. The van der Waals surface area contributed by atoms with Gasteiger partial charge in [-0.25, -0.2) is 15.0 Å². The standard InChI is InChI=1S/C16H26N6O3/c1-8(2)23-6-11-10(24-9(3)4)5-12(25-11)22-15-13(21-16(22)18)14(17)19-7-20-15/h7-12H,5-6H2,1-4H3,(H2,18,21)(H2,17,19,20)/t10-,11-,12-/m1/s1. The summed E-state index contributed by atoms with van der Waals surface area (Å²) in [6, 6.07) is 0. The second kappa shape index (κ2) is 7.11. The predicted molar refractivity (Wildman–Crippen MR) is 93.8 cm³/mol. The van der Waals surface area contributed by atoms with Crippen molar-refractivity contribution in [1.29, 1.82) is 0 Å². The molecule has 9 heteroatoms. The molecule has 25 heavy (non-hydrogen) atoms. The van der Waals surface area contributed by atoms with Crippen molar-refractivity contribution >= 4 is 22.9 Å². The fourth-order valence-corrected chi connectivity index (χ4v) is 3.02. The molecule has 0 spiro atoms. The molecule has 3 atom stereocenters. The molecule has 0 radical (unpaired) electrons. The molecule has 0 aliphatic carbocycles. The molecule has 3 heterocycles. The average molecular weight is 350 g/mol. The van der Waals surface area contributed by atoms with E-state index in [9.17, 15) is 0 Å². The maximum atomic E-state index is 6.19. The Hall–Kier alpha value is -1.97. The number of aromatic nitrogens is 4. The van der Waals surface area contributed by atoms with Gasteiger partial charge in [0.05, 0.1) is 24.9 Å². The van der Waals surface area contributed by atoms with E-state index in [1.165, 1.54) is 6.33 Å². The van der Waals surface area contributed by atoms with Gasteiger partial charge in [-0.05, 0) is 27.7 Å². The molecule has 1 saturated heterocycles. The summed E-state index contributed by atoms with van der Waals surface area (Å²) >= 11 is 0. The Balaban J connectivity index is 1.88. The number of hydrogen-bond acceptors (Lipinski definition) is 8. The zero-order valence-corrected chi connectivity index (χ0v) is 15.0. The van der Waals surface area contributed by atoms with E-state index < -0.39 is 0 Å². The van der Waals surface area contributed by atoms with Gasteiger partial charge in [0.2, 0.25) is 5.95 Å². The largest absolute Gasteiger partial charge is 0.382 e. The summed E-state index contributed by atoms with van der Waals surface area (Å²) in [5, 5.41) is 0. The lowest BCUT2D eigenvalue weighted by atomic mass is 10.1. The van der Waals surface area contributed by atoms with Crippen LogP contribution in [0.1, 0.15) is 40.3 Å². The second-order valence-corrected chi connectivity index (χ2v) is 6.74. The third kappa shape index (κ3) is 3.68. The molecular formula is C16H26N6O3. The Labute approximate surface area is 146 Å². The first kappa shape index (κ1) is 17.8. The van der Waals surface area contributed by atoms with Crippen LogP contribution in [0.3, 0.4) is 0 Å². The van der Waals surface area contributed by atoms with Crippen molar-refractivity contribution in [2.75, 3.05) is 18.1 Å². The van der Waals surface area contributed by atoms with Crippen molar-refractivity contribution in [3.63, 3.8) is 0 Å². The fraction of sp³-hybridized carbons (Fsp3) is 0.688. The zero-order chi connectivity index (χ0) is 18.1. The van der Waals surface area contributed by atoms with E-state index in [0.717, 1.165) is 0 Å². The van der Waals surface area contributed by atoms with Crippen LogP contribution < -0.4 is 11.5 Å². The monoisotopic (exact) mass is 350 g/mol. The van der Waals surface area contributed by atoms with Crippen LogP contribution in [-0.2, 0) is 14.2 Å². The van der Waals surface area contributed by atoms with E-state index in [0.29, 0.717) is 36.0 Å². The van der Waals surface area contributed by atoms with Gasteiger partial charge in [-0.15, -0.1) is 0 Å². The third-order valence-electron chi connectivity index (χ3n) is 4.04. The fourth-order valence-electron chi connectivity index (χ4n) is 3.02. The minimum atomic E-state index is -0.344. The lowest BCUT2D eigenvalue weighted by Crippen LogP contribution is -2.32. The molecule has 1 aliphatic heterocycles. The number of anilines is 2. The zero-order valence-electron chi connectivity index (χ0n) is 15.0. The van der Waals surface area contributed by atoms with Gasteiger partial charge in [0.25, 0.3) is 0 Å². The van der Waals surface area contributed by atoms with Crippen molar-refractivity contribution in [1.82, 2.24) is 19.5 Å². The maximum Gasteiger partial charge on any atom is 0.204 e. The van der Waals surface area contributed by atoms with E-state index in [2.05, 4.69) is 15.0 Å². The van der Waals surface area contributed by atoms with Crippen LogP contribution in [0.15, 0.2) is 6.33 Å². The number of hydrogen-bond donors (Lipinski definition) is 2. The summed E-state index contributed by atoms with van der Waals surface area (Å²) in [6.07, 6.45) is 1.60. The quantitative estimate of drug-likeness (QED) is 0.803. The second-order valence-electron chi connectivity index (χ2n) is 6.74. The smallest absolute Gasteiger partial charge is 0.204 e. The molecule has 0 unspecified atom stereocenters. The first-order valence-corrected chi connectivity index (χ1v) is 8.53. The van der Waals surface area contributed by atoms with Gasteiger partial charge in [0.15, 0.2) is 17.0 Å². The number of imidazole rings is 1. The van der Waals surface area contributed by atoms with Crippen LogP contribution in [0.25, 0.3) is 11.2 Å². The molecule has 0 amide bonds. The van der Waals surface area contributed by atoms with Crippen LogP contribution in [0.5, 0.6) is 0 Å². The van der Waals surface area contributed by atoms with Gasteiger partial charge in [0, 0.05) is 6.42 Å². The Morgan fingerprint density at radius 1 is 1.24 bits per heavy atom. The summed E-state index contributed by atoms with van der Waals surface area (Å²) in [6.45, 7) is 8.44. The Bertz CT molecular complexity index is 732. The van der Waals surface area contributed by atoms with Crippen molar-refractivity contribution in [3.8, 4) is 0 Å².